The largest absolute Gasteiger partial charge is 0.465 e. The maximum atomic E-state index is 5.00. The molecule has 1 aromatic rings. The molecule has 0 unspecified atom stereocenters. The zero-order valence-corrected chi connectivity index (χ0v) is 4.85. The lowest BCUT2D eigenvalue weighted by molar-refractivity contribution is 0.530. The highest BCUT2D eigenvalue weighted by atomic mass is 16.3. The van der Waals surface area contributed by atoms with E-state index in [9.17, 15) is 0 Å². The van der Waals surface area contributed by atoms with Crippen LogP contribution in [0.15, 0.2) is 16.7 Å². The van der Waals surface area contributed by atoms with E-state index in [2.05, 4.69) is 6.58 Å². The second kappa shape index (κ2) is 1.86. The molecule has 0 aliphatic heterocycles. The molecule has 0 aromatic carbocycles. The van der Waals surface area contributed by atoms with Crippen molar-refractivity contribution in [1.29, 1.82) is 0 Å². The Morgan fingerprint density at radius 1 is 1.75 bits per heavy atom. The Kier molecular flexibility index (Phi) is 1.20. The van der Waals surface area contributed by atoms with Crippen molar-refractivity contribution in [1.82, 2.24) is 0 Å². The van der Waals surface area contributed by atoms with Crippen molar-refractivity contribution >= 4 is 12.7 Å². The average molecular weight is 108 g/mol. The molecular weight excluding hydrogens is 100 g/mol. The van der Waals surface area contributed by atoms with E-state index >= 15 is 0 Å². The van der Waals surface area contributed by atoms with Crippen molar-refractivity contribution < 1.29 is 4.42 Å². The van der Waals surface area contributed by atoms with E-state index in [0.29, 0.717) is 0 Å². The predicted molar refractivity (Wildman–Crippen MR) is 33.6 cm³/mol. The summed E-state index contributed by atoms with van der Waals surface area (Å²) in [6.45, 7) is 5.65. The molecule has 1 aromatic heterocycles. The van der Waals surface area contributed by atoms with E-state index in [1.54, 1.807) is 6.26 Å². The van der Waals surface area contributed by atoms with Crippen molar-refractivity contribution in [2.75, 3.05) is 0 Å². The molecule has 0 amide bonds. The first kappa shape index (κ1) is 5.16. The Bertz CT molecular complexity index is 256. The van der Waals surface area contributed by atoms with E-state index in [-0.39, 0.29) is 0 Å². The topological polar surface area (TPSA) is 13.1 Å². The number of rotatable bonds is 0. The molecule has 0 saturated heterocycles. The molecule has 0 saturated carbocycles. The van der Waals surface area contributed by atoms with Crippen molar-refractivity contribution in [3.63, 3.8) is 0 Å². The average Bonchev–Trinajstić information content (AvgIpc) is 2.14. The minimum atomic E-state index is 0.866. The highest BCUT2D eigenvalue weighted by Crippen LogP contribution is 1.65. The first-order valence-corrected chi connectivity index (χ1v) is 2.53. The van der Waals surface area contributed by atoms with E-state index in [0.717, 1.165) is 10.6 Å². The van der Waals surface area contributed by atoms with Crippen LogP contribution in [0.25, 0.3) is 12.7 Å². The molecule has 0 atom stereocenters. The van der Waals surface area contributed by atoms with Crippen LogP contribution in [0.3, 0.4) is 0 Å². The van der Waals surface area contributed by atoms with E-state index in [1.165, 1.54) is 0 Å². The molecule has 0 bridgehead atoms. The maximum absolute atomic E-state index is 5.00. The zero-order valence-electron chi connectivity index (χ0n) is 4.85. The van der Waals surface area contributed by atoms with Crippen LogP contribution in [-0.2, 0) is 0 Å². The quantitative estimate of drug-likeness (QED) is 0.471. The molecule has 0 aliphatic carbocycles. The third-order valence-electron chi connectivity index (χ3n) is 1.04. The molecule has 0 aliphatic rings. The van der Waals surface area contributed by atoms with Crippen molar-refractivity contribution in [3.05, 3.63) is 23.0 Å². The van der Waals surface area contributed by atoms with Gasteiger partial charge in [-0.3, -0.25) is 0 Å². The smallest absolute Gasteiger partial charge is 0.128 e. The van der Waals surface area contributed by atoms with E-state index in [4.69, 9.17) is 4.42 Å². The van der Waals surface area contributed by atoms with Gasteiger partial charge in [-0.25, -0.2) is 0 Å². The fourth-order valence-electron chi connectivity index (χ4n) is 0.601. The number of hydrogen-bond donors (Lipinski definition) is 0. The third kappa shape index (κ3) is 0.668. The molecule has 1 nitrogen and oxygen atoms in total. The fourth-order valence-corrected chi connectivity index (χ4v) is 0.601. The molecule has 42 valence electrons. The van der Waals surface area contributed by atoms with Gasteiger partial charge in [0.15, 0.2) is 0 Å². The first-order valence-electron chi connectivity index (χ1n) is 2.53. The van der Waals surface area contributed by atoms with Gasteiger partial charge in [0, 0.05) is 5.22 Å². The second-order valence-corrected chi connectivity index (χ2v) is 1.60. The molecule has 0 radical (unpaired) electrons. The van der Waals surface area contributed by atoms with Crippen molar-refractivity contribution in [2.45, 2.75) is 6.92 Å². The molecule has 1 heteroatoms. The zero-order chi connectivity index (χ0) is 5.98. The Balaban J connectivity index is 3.55. The van der Waals surface area contributed by atoms with Gasteiger partial charge in [0.05, 0.1) is 6.26 Å². The van der Waals surface area contributed by atoms with Gasteiger partial charge in [-0.15, -0.1) is 0 Å². The molecule has 8 heavy (non-hydrogen) atoms. The van der Waals surface area contributed by atoms with Crippen LogP contribution in [0.4, 0.5) is 0 Å². The second-order valence-electron chi connectivity index (χ2n) is 1.60. The Labute approximate surface area is 47.9 Å². The predicted octanol–water partition coefficient (Wildman–Crippen LogP) is 0.490. The first-order chi connectivity index (χ1) is 3.84. The van der Waals surface area contributed by atoms with E-state index < -0.39 is 0 Å². The van der Waals surface area contributed by atoms with Gasteiger partial charge in [-0.1, -0.05) is 6.58 Å². The lowest BCUT2D eigenvalue weighted by atomic mass is 10.4. The van der Waals surface area contributed by atoms with Crippen LogP contribution in [0.2, 0.25) is 0 Å². The van der Waals surface area contributed by atoms with Gasteiger partial charge in [-0.05, 0) is 19.1 Å². The molecule has 0 fully saturated rings. The van der Waals surface area contributed by atoms with Gasteiger partial charge in [0.25, 0.3) is 0 Å². The van der Waals surface area contributed by atoms with Crippen LogP contribution >= 0.6 is 0 Å². The van der Waals surface area contributed by atoms with Crippen LogP contribution in [0.1, 0.15) is 6.92 Å². The summed E-state index contributed by atoms with van der Waals surface area (Å²) >= 11 is 0. The van der Waals surface area contributed by atoms with Crippen LogP contribution in [0, 0.1) is 0 Å². The summed E-state index contributed by atoms with van der Waals surface area (Å²) in [6.07, 6.45) is 3.53. The highest BCUT2D eigenvalue weighted by Gasteiger charge is 1.78. The minimum Gasteiger partial charge on any atom is -0.465 e. The Hall–Kier alpha value is -0.980. The summed E-state index contributed by atoms with van der Waals surface area (Å²) in [5.41, 5.74) is 0.866. The molecule has 1 rings (SSSR count). The highest BCUT2D eigenvalue weighted by molar-refractivity contribution is 5.16. The van der Waals surface area contributed by atoms with Gasteiger partial charge in [0.1, 0.15) is 5.42 Å². The molecular formula is C7H8O. The minimum absolute atomic E-state index is 0.866. The summed E-state index contributed by atoms with van der Waals surface area (Å²) in [6, 6.07) is 1.84. The van der Waals surface area contributed by atoms with Gasteiger partial charge in [0.2, 0.25) is 0 Å². The monoisotopic (exact) mass is 108 g/mol. The fraction of sp³-hybridized carbons (Fsp3) is 0.143. The Morgan fingerprint density at radius 3 is 2.75 bits per heavy atom. The van der Waals surface area contributed by atoms with Gasteiger partial charge >= 0.3 is 0 Å². The van der Waals surface area contributed by atoms with Crippen LogP contribution in [-0.4, -0.2) is 0 Å². The van der Waals surface area contributed by atoms with Crippen molar-refractivity contribution in [2.24, 2.45) is 0 Å². The third-order valence-corrected chi connectivity index (χ3v) is 1.04. The lowest BCUT2D eigenvalue weighted by Crippen LogP contribution is -2.15. The lowest BCUT2D eigenvalue weighted by Gasteiger charge is -1.67. The standard InChI is InChI=1S/C7H8O/c1-3-7-6(2)4-5-8-7/h3-5H,2H2,1H3/b7-3+. The SMILES string of the molecule is C=c1cco/c1=C/C. The summed E-state index contributed by atoms with van der Waals surface area (Å²) in [5.74, 6) is 0. The Morgan fingerprint density at radius 2 is 2.50 bits per heavy atom. The summed E-state index contributed by atoms with van der Waals surface area (Å²) in [5, 5.41) is 0.951. The van der Waals surface area contributed by atoms with Crippen molar-refractivity contribution in [3.8, 4) is 0 Å². The number of furan rings is 1. The normalized spacial score (nSPS) is 12.4. The number of hydrogen-bond acceptors (Lipinski definition) is 1. The van der Waals surface area contributed by atoms with Gasteiger partial charge < -0.3 is 4.42 Å². The van der Waals surface area contributed by atoms with Crippen LogP contribution in [0.5, 0.6) is 0 Å². The summed E-state index contributed by atoms with van der Waals surface area (Å²) in [7, 11) is 0. The molecule has 0 spiro atoms. The van der Waals surface area contributed by atoms with Crippen LogP contribution < -0.4 is 10.6 Å². The summed E-state index contributed by atoms with van der Waals surface area (Å²) < 4.78 is 5.00. The maximum Gasteiger partial charge on any atom is 0.128 e. The molecule has 1 heterocycles. The summed E-state index contributed by atoms with van der Waals surface area (Å²) in [4.78, 5) is 0. The van der Waals surface area contributed by atoms with Gasteiger partial charge in [-0.2, -0.15) is 0 Å². The van der Waals surface area contributed by atoms with E-state index in [1.807, 2.05) is 19.1 Å². The molecule has 0 N–H and O–H groups in total.